The van der Waals surface area contributed by atoms with E-state index < -0.39 is 0 Å². The fraction of sp³-hybridized carbons (Fsp3) is 0.520. The SMILES string of the molecule is CCCSc1nc(N2CCOCC2)c2cnn(CCNC(=O)c3ccc(C(C)(C)C)cc3)c2n1. The normalized spacial score (nSPS) is 14.5. The number of fused-ring (bicyclic) bond motifs is 1. The highest BCUT2D eigenvalue weighted by molar-refractivity contribution is 7.99. The number of nitrogens with one attached hydrogen (secondary N) is 1. The number of nitrogens with zero attached hydrogens (tertiary/aromatic N) is 5. The number of carbonyl (C=O) groups excluding carboxylic acids is 1. The van der Waals surface area contributed by atoms with Crippen molar-refractivity contribution in [2.24, 2.45) is 0 Å². The standard InChI is InChI=1S/C25H34N6O2S/c1-5-16-34-24-28-21(30-12-14-33-15-13-30)20-17-27-31(22(20)29-24)11-10-26-23(32)18-6-8-19(9-7-18)25(2,3)4/h6-9,17H,5,10-16H2,1-4H3,(H,26,32). The third kappa shape index (κ3) is 5.70. The summed E-state index contributed by atoms with van der Waals surface area (Å²) in [5.41, 5.74) is 2.73. The molecule has 9 heteroatoms. The predicted octanol–water partition coefficient (Wildman–Crippen LogP) is 3.89. The average Bonchev–Trinajstić information content (AvgIpc) is 3.25. The van der Waals surface area contributed by atoms with Gasteiger partial charge in [0.2, 0.25) is 0 Å². The van der Waals surface area contributed by atoms with Crippen LogP contribution < -0.4 is 10.2 Å². The summed E-state index contributed by atoms with van der Waals surface area (Å²) in [5, 5.41) is 9.29. The largest absolute Gasteiger partial charge is 0.378 e. The number of carbonyl (C=O) groups is 1. The summed E-state index contributed by atoms with van der Waals surface area (Å²) in [4.78, 5) is 24.5. The van der Waals surface area contributed by atoms with Crippen LogP contribution in [0.15, 0.2) is 35.6 Å². The van der Waals surface area contributed by atoms with Crippen LogP contribution in [0, 0.1) is 0 Å². The second-order valence-corrected chi connectivity index (χ2v) is 10.5. The average molecular weight is 483 g/mol. The summed E-state index contributed by atoms with van der Waals surface area (Å²) in [5.74, 6) is 1.80. The summed E-state index contributed by atoms with van der Waals surface area (Å²) in [7, 11) is 0. The summed E-state index contributed by atoms with van der Waals surface area (Å²) in [6.07, 6.45) is 2.89. The Labute approximate surface area is 205 Å². The molecule has 1 saturated heterocycles. The van der Waals surface area contributed by atoms with Gasteiger partial charge in [-0.2, -0.15) is 5.10 Å². The molecule has 1 aliphatic heterocycles. The van der Waals surface area contributed by atoms with Crippen LogP contribution in [0.3, 0.4) is 0 Å². The van der Waals surface area contributed by atoms with Crippen LogP contribution in [-0.2, 0) is 16.7 Å². The molecule has 0 unspecified atom stereocenters. The Kier molecular flexibility index (Phi) is 7.73. The molecule has 1 aromatic carbocycles. The molecule has 8 nitrogen and oxygen atoms in total. The zero-order chi connectivity index (χ0) is 24.1. The molecule has 1 N–H and O–H groups in total. The van der Waals surface area contributed by atoms with Crippen LogP contribution in [-0.4, -0.2) is 64.3 Å². The molecule has 1 fully saturated rings. The van der Waals surface area contributed by atoms with Gasteiger partial charge in [-0.1, -0.05) is 51.6 Å². The molecule has 0 radical (unpaired) electrons. The summed E-state index contributed by atoms with van der Waals surface area (Å²) < 4.78 is 7.38. The molecule has 3 aromatic rings. The number of morpholine rings is 1. The molecule has 1 amide bonds. The van der Waals surface area contributed by atoms with Crippen molar-refractivity contribution in [3.8, 4) is 0 Å². The Morgan fingerprint density at radius 1 is 1.15 bits per heavy atom. The molecule has 0 bridgehead atoms. The number of aromatic nitrogens is 4. The number of hydrogen-bond donors (Lipinski definition) is 1. The monoisotopic (exact) mass is 482 g/mol. The van der Waals surface area contributed by atoms with Crippen LogP contribution in [0.4, 0.5) is 5.82 Å². The summed E-state index contributed by atoms with van der Waals surface area (Å²) in [6, 6.07) is 7.82. The van der Waals surface area contributed by atoms with E-state index in [0.717, 1.165) is 47.3 Å². The molecular formula is C25H34N6O2S. The maximum absolute atomic E-state index is 12.6. The van der Waals surface area contributed by atoms with Gasteiger partial charge in [0.1, 0.15) is 5.82 Å². The fourth-order valence-electron chi connectivity index (χ4n) is 3.86. The third-order valence-corrected chi connectivity index (χ3v) is 6.88. The Hall–Kier alpha value is -2.65. The first-order valence-electron chi connectivity index (χ1n) is 11.9. The van der Waals surface area contributed by atoms with Crippen molar-refractivity contribution in [3.05, 3.63) is 41.6 Å². The van der Waals surface area contributed by atoms with Crippen molar-refractivity contribution < 1.29 is 9.53 Å². The molecule has 2 aromatic heterocycles. The molecule has 0 spiro atoms. The van der Waals surface area contributed by atoms with Crippen molar-refractivity contribution >= 4 is 34.5 Å². The Morgan fingerprint density at radius 2 is 1.88 bits per heavy atom. The first-order chi connectivity index (χ1) is 16.4. The van der Waals surface area contributed by atoms with Crippen LogP contribution >= 0.6 is 11.8 Å². The van der Waals surface area contributed by atoms with E-state index in [9.17, 15) is 4.79 Å². The first kappa shape index (κ1) is 24.5. The molecule has 182 valence electrons. The van der Waals surface area contributed by atoms with E-state index in [1.807, 2.05) is 35.1 Å². The van der Waals surface area contributed by atoms with E-state index in [-0.39, 0.29) is 11.3 Å². The van der Waals surface area contributed by atoms with E-state index in [0.29, 0.717) is 31.9 Å². The highest BCUT2D eigenvalue weighted by atomic mass is 32.2. The topological polar surface area (TPSA) is 85.2 Å². The van der Waals surface area contributed by atoms with Gasteiger partial charge >= 0.3 is 0 Å². The number of ether oxygens (including phenoxy) is 1. The van der Waals surface area contributed by atoms with E-state index >= 15 is 0 Å². The lowest BCUT2D eigenvalue weighted by molar-refractivity contribution is 0.0952. The first-order valence-corrected chi connectivity index (χ1v) is 12.9. The van der Waals surface area contributed by atoms with Crippen molar-refractivity contribution in [1.82, 2.24) is 25.1 Å². The zero-order valence-corrected chi connectivity index (χ0v) is 21.3. The highest BCUT2D eigenvalue weighted by Gasteiger charge is 2.20. The fourth-order valence-corrected chi connectivity index (χ4v) is 4.55. The van der Waals surface area contributed by atoms with Gasteiger partial charge in [-0.25, -0.2) is 14.6 Å². The Balaban J connectivity index is 1.47. The third-order valence-electron chi connectivity index (χ3n) is 5.82. The van der Waals surface area contributed by atoms with Gasteiger partial charge in [0.25, 0.3) is 5.91 Å². The molecule has 0 atom stereocenters. The van der Waals surface area contributed by atoms with Gasteiger partial charge in [0.15, 0.2) is 10.8 Å². The van der Waals surface area contributed by atoms with Crippen molar-refractivity contribution in [2.75, 3.05) is 43.5 Å². The maximum atomic E-state index is 12.6. The molecule has 1 aliphatic rings. The minimum atomic E-state index is -0.0836. The minimum Gasteiger partial charge on any atom is -0.378 e. The van der Waals surface area contributed by atoms with Crippen LogP contribution in [0.2, 0.25) is 0 Å². The molecule has 0 aliphatic carbocycles. The lowest BCUT2D eigenvalue weighted by Gasteiger charge is -2.28. The van der Waals surface area contributed by atoms with E-state index in [4.69, 9.17) is 14.7 Å². The van der Waals surface area contributed by atoms with Crippen LogP contribution in [0.5, 0.6) is 0 Å². The second-order valence-electron chi connectivity index (χ2n) is 9.47. The Bertz CT molecular complexity index is 1120. The van der Waals surface area contributed by atoms with Gasteiger partial charge in [0.05, 0.1) is 31.3 Å². The number of rotatable bonds is 8. The zero-order valence-electron chi connectivity index (χ0n) is 20.5. The van der Waals surface area contributed by atoms with E-state index in [1.165, 1.54) is 5.56 Å². The number of anilines is 1. The van der Waals surface area contributed by atoms with Crippen molar-refractivity contribution in [1.29, 1.82) is 0 Å². The second kappa shape index (κ2) is 10.7. The van der Waals surface area contributed by atoms with Crippen LogP contribution in [0.25, 0.3) is 11.0 Å². The number of amides is 1. The van der Waals surface area contributed by atoms with Gasteiger partial charge in [-0.3, -0.25) is 4.79 Å². The van der Waals surface area contributed by atoms with E-state index in [2.05, 4.69) is 43.0 Å². The Morgan fingerprint density at radius 3 is 2.56 bits per heavy atom. The van der Waals surface area contributed by atoms with Crippen molar-refractivity contribution in [3.63, 3.8) is 0 Å². The summed E-state index contributed by atoms with van der Waals surface area (Å²) >= 11 is 1.66. The van der Waals surface area contributed by atoms with Gasteiger partial charge in [-0.05, 0) is 29.5 Å². The van der Waals surface area contributed by atoms with Gasteiger partial charge in [-0.15, -0.1) is 0 Å². The van der Waals surface area contributed by atoms with Crippen molar-refractivity contribution in [2.45, 2.75) is 51.2 Å². The predicted molar refractivity (Wildman–Crippen MR) is 137 cm³/mol. The quantitative estimate of drug-likeness (QED) is 0.385. The summed E-state index contributed by atoms with van der Waals surface area (Å²) in [6.45, 7) is 12.6. The molecule has 0 saturated carbocycles. The molecule has 3 heterocycles. The lowest BCUT2D eigenvalue weighted by Crippen LogP contribution is -2.37. The number of hydrogen-bond acceptors (Lipinski definition) is 7. The van der Waals surface area contributed by atoms with Crippen LogP contribution in [0.1, 0.15) is 50.0 Å². The lowest BCUT2D eigenvalue weighted by atomic mass is 9.87. The maximum Gasteiger partial charge on any atom is 0.251 e. The van der Waals surface area contributed by atoms with Gasteiger partial charge < -0.3 is 15.0 Å². The smallest absolute Gasteiger partial charge is 0.251 e. The number of benzene rings is 1. The van der Waals surface area contributed by atoms with E-state index in [1.54, 1.807) is 11.8 Å². The highest BCUT2D eigenvalue weighted by Crippen LogP contribution is 2.28. The molecule has 4 rings (SSSR count). The van der Waals surface area contributed by atoms with Gasteiger partial charge in [0, 0.05) is 31.0 Å². The number of thioether (sulfide) groups is 1. The molecular weight excluding hydrogens is 448 g/mol. The molecule has 34 heavy (non-hydrogen) atoms. The minimum absolute atomic E-state index is 0.0619.